The van der Waals surface area contributed by atoms with Crippen molar-refractivity contribution in [3.05, 3.63) is 92.3 Å². The van der Waals surface area contributed by atoms with Crippen LogP contribution in [0.25, 0.3) is 11.1 Å². The van der Waals surface area contributed by atoms with Crippen LogP contribution in [0.3, 0.4) is 0 Å². The first kappa shape index (κ1) is 31.5. The second-order valence-corrected chi connectivity index (χ2v) is 16.1. The fourth-order valence-electron chi connectivity index (χ4n) is 5.90. The van der Waals surface area contributed by atoms with Gasteiger partial charge in [-0.15, -0.1) is 0 Å². The molecule has 4 rings (SSSR count). The highest BCUT2D eigenvalue weighted by Gasteiger charge is 2.35. The largest absolute Gasteiger partial charge is 0.342 e. The Bertz CT molecular complexity index is 1620. The van der Waals surface area contributed by atoms with Crippen LogP contribution in [0.4, 0.5) is 0 Å². The summed E-state index contributed by atoms with van der Waals surface area (Å²) < 4.78 is 4.44. The van der Waals surface area contributed by atoms with E-state index >= 15 is 0 Å². The molecular weight excluding hydrogens is 516 g/mol. The van der Waals surface area contributed by atoms with Crippen LogP contribution in [0.15, 0.2) is 70.9 Å². The van der Waals surface area contributed by atoms with Gasteiger partial charge in [-0.05, 0) is 81.4 Å². The van der Waals surface area contributed by atoms with Gasteiger partial charge < -0.3 is 9.13 Å². The van der Waals surface area contributed by atoms with Crippen molar-refractivity contribution in [3.63, 3.8) is 0 Å². The van der Waals surface area contributed by atoms with Crippen molar-refractivity contribution in [2.45, 2.75) is 83.1 Å². The van der Waals surface area contributed by atoms with Crippen LogP contribution >= 0.6 is 0 Å². The molecule has 0 spiro atoms. The van der Waals surface area contributed by atoms with Crippen molar-refractivity contribution < 1.29 is 9.59 Å². The van der Waals surface area contributed by atoms with Gasteiger partial charge in [0.15, 0.2) is 11.6 Å². The molecule has 0 saturated carbocycles. The Morgan fingerprint density at radius 2 is 0.619 bits per heavy atom. The number of nitrogens with zero attached hydrogens (tertiary/aromatic N) is 2. The van der Waals surface area contributed by atoms with Crippen LogP contribution in [0, 0.1) is 32.4 Å². The van der Waals surface area contributed by atoms with E-state index in [0.29, 0.717) is 0 Å². The van der Waals surface area contributed by atoms with Gasteiger partial charge in [-0.1, -0.05) is 83.1 Å². The molecule has 0 bridgehead atoms. The summed E-state index contributed by atoms with van der Waals surface area (Å²) in [6.07, 6.45) is 8.33. The lowest BCUT2D eigenvalue weighted by molar-refractivity contribution is -0.114. The molecule has 224 valence electrons. The van der Waals surface area contributed by atoms with E-state index in [1.807, 2.05) is 0 Å². The summed E-state index contributed by atoms with van der Waals surface area (Å²) in [4.78, 5) is 27.0. The fourth-order valence-corrected chi connectivity index (χ4v) is 5.90. The Balaban J connectivity index is 2.08. The predicted molar refractivity (Wildman–Crippen MR) is 175 cm³/mol. The SMILES string of the molecule is Cn1c(=C2C=C(C(C)(C)C)C(=O)C(C(C)(C)C)=C2)cc/c1=c1\ccc(=C2C=C(C(C)(C)C)C(=O)C(C(C)(C)C)=C2)n1C. The zero-order valence-corrected chi connectivity index (χ0v) is 28.3. The monoisotopic (exact) mass is 566 g/mol. The first-order chi connectivity index (χ1) is 19.0. The lowest BCUT2D eigenvalue weighted by Gasteiger charge is -2.31. The highest BCUT2D eigenvalue weighted by Crippen LogP contribution is 2.40. The van der Waals surface area contributed by atoms with E-state index in [1.165, 1.54) is 0 Å². The summed E-state index contributed by atoms with van der Waals surface area (Å²) in [5.41, 5.74) is 4.47. The average molecular weight is 567 g/mol. The van der Waals surface area contributed by atoms with Crippen molar-refractivity contribution in [2.75, 3.05) is 0 Å². The molecular formula is C38H50N2O2. The summed E-state index contributed by atoms with van der Waals surface area (Å²) in [6, 6.07) is 8.63. The molecule has 4 nitrogen and oxygen atoms in total. The normalized spacial score (nSPS) is 18.2. The van der Waals surface area contributed by atoms with E-state index in [1.54, 1.807) is 0 Å². The van der Waals surface area contributed by atoms with Gasteiger partial charge in [0.2, 0.25) is 0 Å². The van der Waals surface area contributed by atoms with Crippen molar-refractivity contribution in [2.24, 2.45) is 35.8 Å². The summed E-state index contributed by atoms with van der Waals surface area (Å²) in [6.45, 7) is 25.3. The Labute approximate surface area is 252 Å². The number of carbonyl (C=O) groups excluding carboxylic acids is 2. The molecule has 2 aliphatic rings. The van der Waals surface area contributed by atoms with Gasteiger partial charge in [0.05, 0.1) is 10.7 Å². The number of carbonyl (C=O) groups is 2. The van der Waals surface area contributed by atoms with Crippen LogP contribution in [-0.4, -0.2) is 20.7 Å². The maximum absolute atomic E-state index is 13.5. The summed E-state index contributed by atoms with van der Waals surface area (Å²) >= 11 is 0. The van der Waals surface area contributed by atoms with Crippen molar-refractivity contribution in [3.8, 4) is 0 Å². The third kappa shape index (κ3) is 5.65. The molecule has 2 heterocycles. The van der Waals surface area contributed by atoms with E-state index in [9.17, 15) is 9.59 Å². The minimum Gasteiger partial charge on any atom is -0.342 e. The molecule has 4 heteroatoms. The molecule has 0 aromatic carbocycles. The summed E-state index contributed by atoms with van der Waals surface area (Å²) in [5, 5.41) is 4.33. The predicted octanol–water partition coefficient (Wildman–Crippen LogP) is 7.01. The first-order valence-corrected chi connectivity index (χ1v) is 15.1. The molecule has 0 radical (unpaired) electrons. The van der Waals surface area contributed by atoms with Gasteiger partial charge in [-0.2, -0.15) is 0 Å². The third-order valence-corrected chi connectivity index (χ3v) is 8.51. The van der Waals surface area contributed by atoms with E-state index in [2.05, 4.69) is 155 Å². The van der Waals surface area contributed by atoms with Crippen LogP contribution in [-0.2, 0) is 23.7 Å². The number of rotatable bonds is 0. The lowest BCUT2D eigenvalue weighted by atomic mass is 9.72. The molecule has 0 N–H and O–H groups in total. The molecule has 0 atom stereocenters. The number of hydrogen-bond acceptors (Lipinski definition) is 2. The summed E-state index contributed by atoms with van der Waals surface area (Å²) in [5.74, 6) is 0.294. The molecule has 0 aliphatic heterocycles. The van der Waals surface area contributed by atoms with Crippen molar-refractivity contribution >= 4 is 22.7 Å². The van der Waals surface area contributed by atoms with Gasteiger partial charge in [0.1, 0.15) is 0 Å². The Kier molecular flexibility index (Phi) is 7.59. The maximum Gasteiger partial charge on any atom is 0.186 e. The zero-order chi connectivity index (χ0) is 31.7. The molecule has 0 fully saturated rings. The van der Waals surface area contributed by atoms with E-state index in [-0.39, 0.29) is 33.2 Å². The van der Waals surface area contributed by atoms with Gasteiger partial charge >= 0.3 is 0 Å². The number of hydrogen-bond donors (Lipinski definition) is 0. The van der Waals surface area contributed by atoms with Gasteiger partial charge in [-0.25, -0.2) is 0 Å². The second-order valence-electron chi connectivity index (χ2n) is 16.1. The van der Waals surface area contributed by atoms with E-state index in [4.69, 9.17) is 0 Å². The molecule has 0 unspecified atom stereocenters. The number of ketones is 2. The molecule has 2 aromatic rings. The minimum absolute atomic E-state index is 0.147. The van der Waals surface area contributed by atoms with Crippen molar-refractivity contribution in [1.29, 1.82) is 0 Å². The highest BCUT2D eigenvalue weighted by molar-refractivity contribution is 6.15. The van der Waals surface area contributed by atoms with E-state index < -0.39 is 0 Å². The standard InChI is InChI=1S/C38H50N2O2/c1-35(2,3)25-19-23(20-26(33(25)41)36(4,5)6)29-15-17-31(39(29)13)32-18-16-30(40(32)14)24-21-27(37(7,8)9)34(42)28(22-24)38(10,11)12/h15-22H,1-14H3/b32-31-. The summed E-state index contributed by atoms with van der Waals surface area (Å²) in [7, 11) is 4.19. The quantitative estimate of drug-likeness (QED) is 0.344. The Morgan fingerprint density at radius 3 is 0.833 bits per heavy atom. The molecule has 0 amide bonds. The van der Waals surface area contributed by atoms with Crippen LogP contribution in [0.2, 0.25) is 0 Å². The number of allylic oxidation sites excluding steroid dienone is 8. The fraction of sp³-hybridized carbons (Fsp3) is 0.474. The van der Waals surface area contributed by atoms with Crippen LogP contribution in [0.5, 0.6) is 0 Å². The van der Waals surface area contributed by atoms with Gasteiger partial charge in [0, 0.05) is 47.1 Å². The molecule has 2 aromatic heterocycles. The van der Waals surface area contributed by atoms with Gasteiger partial charge in [0.25, 0.3) is 0 Å². The third-order valence-electron chi connectivity index (χ3n) is 8.51. The van der Waals surface area contributed by atoms with Crippen molar-refractivity contribution in [1.82, 2.24) is 9.13 Å². The topological polar surface area (TPSA) is 44.0 Å². The molecule has 42 heavy (non-hydrogen) atoms. The Hall–Kier alpha value is -3.40. The highest BCUT2D eigenvalue weighted by atomic mass is 16.1. The second kappa shape index (κ2) is 10.1. The van der Waals surface area contributed by atoms with Gasteiger partial charge in [-0.3, -0.25) is 9.59 Å². The average Bonchev–Trinajstić information content (AvgIpc) is 3.38. The first-order valence-electron chi connectivity index (χ1n) is 15.1. The molecule has 2 aliphatic carbocycles. The maximum atomic E-state index is 13.5. The zero-order valence-electron chi connectivity index (χ0n) is 28.3. The minimum atomic E-state index is -0.258. The number of aromatic nitrogens is 2. The lowest BCUT2D eigenvalue weighted by Crippen LogP contribution is -2.29. The van der Waals surface area contributed by atoms with E-state index in [0.717, 1.165) is 54.8 Å². The number of Topliss-reactive ketones (excluding diaryl/α,β-unsaturated/α-hetero) is 2. The van der Waals surface area contributed by atoms with Crippen LogP contribution in [0.1, 0.15) is 83.1 Å². The molecule has 0 saturated heterocycles. The smallest absolute Gasteiger partial charge is 0.186 e. The Morgan fingerprint density at radius 1 is 0.405 bits per heavy atom. The van der Waals surface area contributed by atoms with Crippen LogP contribution < -0.4 is 10.7 Å².